The highest BCUT2D eigenvalue weighted by Gasteiger charge is 2.47. The van der Waals surface area contributed by atoms with E-state index in [-0.39, 0.29) is 11.3 Å². The van der Waals surface area contributed by atoms with E-state index in [0.717, 1.165) is 55.1 Å². The van der Waals surface area contributed by atoms with Crippen molar-refractivity contribution < 1.29 is 27.9 Å². The largest absolute Gasteiger partial charge is 0.490 e. The average molecular weight is 486 g/mol. The molecule has 1 unspecified atom stereocenters. The molecule has 7 nitrogen and oxygen atoms in total. The average Bonchev–Trinajstić information content (AvgIpc) is 3.53. The van der Waals surface area contributed by atoms with Crippen LogP contribution >= 0.6 is 0 Å². The first kappa shape index (κ1) is 24.4. The van der Waals surface area contributed by atoms with Crippen molar-refractivity contribution >= 4 is 11.9 Å². The van der Waals surface area contributed by atoms with Crippen LogP contribution in [0.2, 0.25) is 0 Å². The summed E-state index contributed by atoms with van der Waals surface area (Å²) in [5.74, 6) is -1.39. The van der Waals surface area contributed by atoms with E-state index in [0.29, 0.717) is 6.42 Å². The number of rotatable bonds is 3. The fourth-order valence-electron chi connectivity index (χ4n) is 4.76. The van der Waals surface area contributed by atoms with Gasteiger partial charge in [-0.25, -0.2) is 9.78 Å². The highest BCUT2D eigenvalue weighted by Crippen LogP contribution is 2.44. The first-order valence-electron chi connectivity index (χ1n) is 11.2. The SMILES string of the molecule is Cc1ccccc1CC(=O)N1CCC2(CCn3c(-c4cccnc4)cnc32)C1.O=C(O)C(F)(F)F. The smallest absolute Gasteiger partial charge is 0.475 e. The van der Waals surface area contributed by atoms with Crippen molar-refractivity contribution in [1.82, 2.24) is 19.4 Å². The van der Waals surface area contributed by atoms with E-state index in [4.69, 9.17) is 14.9 Å². The summed E-state index contributed by atoms with van der Waals surface area (Å²) < 4.78 is 34.1. The molecule has 0 saturated carbocycles. The first-order valence-corrected chi connectivity index (χ1v) is 11.2. The van der Waals surface area contributed by atoms with Crippen molar-refractivity contribution in [3.63, 3.8) is 0 Å². The van der Waals surface area contributed by atoms with Gasteiger partial charge in [0.2, 0.25) is 5.91 Å². The van der Waals surface area contributed by atoms with Crippen LogP contribution in [0.1, 0.15) is 29.8 Å². The standard InChI is InChI=1S/C23H24N4O.C2HF3O2/c1-17-5-2-3-6-18(17)13-21(28)26-11-8-23(16-26)9-12-27-20(15-25-22(23)27)19-7-4-10-24-14-19;3-2(4,5)1(6)7/h2-7,10,14-15H,8-9,11-13,16H2,1H3;(H,6,7). The molecule has 1 saturated heterocycles. The topological polar surface area (TPSA) is 88.3 Å². The van der Waals surface area contributed by atoms with Crippen molar-refractivity contribution in [1.29, 1.82) is 0 Å². The number of hydrogen-bond donors (Lipinski definition) is 1. The molecule has 1 fully saturated rings. The maximum Gasteiger partial charge on any atom is 0.490 e. The van der Waals surface area contributed by atoms with Crippen molar-refractivity contribution in [2.24, 2.45) is 0 Å². The van der Waals surface area contributed by atoms with E-state index in [2.05, 4.69) is 34.7 Å². The molecule has 0 bridgehead atoms. The summed E-state index contributed by atoms with van der Waals surface area (Å²) in [4.78, 5) is 32.9. The number of carbonyl (C=O) groups excluding carboxylic acids is 1. The number of aliphatic carboxylic acids is 1. The first-order chi connectivity index (χ1) is 16.6. The van der Waals surface area contributed by atoms with Crippen LogP contribution in [0.5, 0.6) is 0 Å². The van der Waals surface area contributed by atoms with Gasteiger partial charge in [-0.2, -0.15) is 13.2 Å². The Hall–Kier alpha value is -3.69. The maximum atomic E-state index is 12.9. The predicted molar refractivity (Wildman–Crippen MR) is 122 cm³/mol. The van der Waals surface area contributed by atoms with Gasteiger partial charge in [0.15, 0.2) is 0 Å². The predicted octanol–water partition coefficient (Wildman–Crippen LogP) is 4.00. The normalized spacial score (nSPS) is 18.8. The van der Waals surface area contributed by atoms with Gasteiger partial charge in [0.05, 0.1) is 18.3 Å². The van der Waals surface area contributed by atoms with E-state index < -0.39 is 12.1 Å². The summed E-state index contributed by atoms with van der Waals surface area (Å²) in [5.41, 5.74) is 4.54. The second-order valence-corrected chi connectivity index (χ2v) is 8.86. The molecular formula is C25H25F3N4O3. The lowest BCUT2D eigenvalue weighted by Crippen LogP contribution is -2.34. The molecule has 0 radical (unpaired) electrons. The molecule has 35 heavy (non-hydrogen) atoms. The number of carbonyl (C=O) groups is 2. The number of pyridine rings is 1. The Morgan fingerprint density at radius 1 is 1.09 bits per heavy atom. The van der Waals surface area contributed by atoms with Gasteiger partial charge in [0.1, 0.15) is 5.82 Å². The zero-order valence-corrected chi connectivity index (χ0v) is 19.1. The number of aromatic nitrogens is 3. The zero-order valence-electron chi connectivity index (χ0n) is 19.1. The molecule has 2 aliphatic heterocycles. The summed E-state index contributed by atoms with van der Waals surface area (Å²) >= 11 is 0. The number of halogens is 3. The molecule has 2 aliphatic rings. The fourth-order valence-corrected chi connectivity index (χ4v) is 4.76. The molecule has 1 atom stereocenters. The summed E-state index contributed by atoms with van der Waals surface area (Å²) in [7, 11) is 0. The number of benzene rings is 1. The van der Waals surface area contributed by atoms with Crippen molar-refractivity contribution in [2.45, 2.75) is 44.3 Å². The second kappa shape index (κ2) is 9.52. The molecule has 1 amide bonds. The summed E-state index contributed by atoms with van der Waals surface area (Å²) in [5, 5.41) is 7.12. The Balaban J connectivity index is 0.000000364. The number of carboxylic acids is 1. The van der Waals surface area contributed by atoms with Crippen LogP contribution in [-0.4, -0.2) is 55.7 Å². The zero-order chi connectivity index (χ0) is 25.2. The van der Waals surface area contributed by atoms with Crippen LogP contribution in [0.3, 0.4) is 0 Å². The van der Waals surface area contributed by atoms with Crippen LogP contribution in [0, 0.1) is 6.92 Å². The minimum atomic E-state index is -5.08. The van der Waals surface area contributed by atoms with Gasteiger partial charge in [-0.15, -0.1) is 0 Å². The highest BCUT2D eigenvalue weighted by molar-refractivity contribution is 5.79. The number of amides is 1. The molecule has 3 aromatic rings. The van der Waals surface area contributed by atoms with Crippen LogP contribution in [0.25, 0.3) is 11.3 Å². The number of aryl methyl sites for hydroxylation is 1. The van der Waals surface area contributed by atoms with Crippen molar-refractivity contribution in [3.05, 3.63) is 71.9 Å². The summed E-state index contributed by atoms with van der Waals surface area (Å²) in [6.45, 7) is 4.63. The molecule has 184 valence electrons. The Morgan fingerprint density at radius 3 is 2.46 bits per heavy atom. The number of imidazole rings is 1. The van der Waals surface area contributed by atoms with E-state index in [1.54, 1.807) is 6.20 Å². The van der Waals surface area contributed by atoms with Crippen LogP contribution in [-0.2, 0) is 28.0 Å². The van der Waals surface area contributed by atoms with E-state index in [1.807, 2.05) is 35.5 Å². The van der Waals surface area contributed by atoms with Gasteiger partial charge in [-0.05, 0) is 43.0 Å². The lowest BCUT2D eigenvalue weighted by molar-refractivity contribution is -0.192. The molecule has 2 aromatic heterocycles. The Morgan fingerprint density at radius 2 is 1.80 bits per heavy atom. The molecular weight excluding hydrogens is 461 g/mol. The molecule has 4 heterocycles. The highest BCUT2D eigenvalue weighted by atomic mass is 19.4. The minimum Gasteiger partial charge on any atom is -0.475 e. The van der Waals surface area contributed by atoms with Gasteiger partial charge in [-0.3, -0.25) is 9.78 Å². The van der Waals surface area contributed by atoms with Gasteiger partial charge < -0.3 is 14.6 Å². The molecule has 0 aliphatic carbocycles. The second-order valence-electron chi connectivity index (χ2n) is 8.86. The Bertz CT molecular complexity index is 1230. The lowest BCUT2D eigenvalue weighted by atomic mass is 9.85. The molecule has 10 heteroatoms. The lowest BCUT2D eigenvalue weighted by Gasteiger charge is -2.23. The van der Waals surface area contributed by atoms with E-state index >= 15 is 0 Å². The van der Waals surface area contributed by atoms with Gasteiger partial charge in [0.25, 0.3) is 0 Å². The third kappa shape index (κ3) is 5.06. The number of carboxylic acid groups (broad SMARTS) is 1. The fraction of sp³-hybridized carbons (Fsp3) is 0.360. The number of alkyl halides is 3. The third-order valence-corrected chi connectivity index (χ3v) is 6.65. The number of fused-ring (bicyclic) bond motifs is 2. The maximum absolute atomic E-state index is 12.9. The van der Waals surface area contributed by atoms with Gasteiger partial charge >= 0.3 is 12.1 Å². The quantitative estimate of drug-likeness (QED) is 0.605. The summed E-state index contributed by atoms with van der Waals surface area (Å²) in [6.07, 6.45) is 3.10. The number of likely N-dealkylation sites (tertiary alicyclic amines) is 1. The van der Waals surface area contributed by atoms with Crippen LogP contribution in [0.15, 0.2) is 55.0 Å². The molecule has 1 aromatic carbocycles. The minimum absolute atomic E-state index is 0.00184. The molecule has 1 N–H and O–H groups in total. The van der Waals surface area contributed by atoms with Gasteiger partial charge in [0, 0.05) is 43.0 Å². The summed E-state index contributed by atoms with van der Waals surface area (Å²) in [6, 6.07) is 12.2. The molecule has 1 spiro atoms. The number of nitrogens with zero attached hydrogens (tertiary/aromatic N) is 4. The van der Waals surface area contributed by atoms with Crippen LogP contribution in [0.4, 0.5) is 13.2 Å². The van der Waals surface area contributed by atoms with Crippen LogP contribution < -0.4 is 0 Å². The number of hydrogen-bond acceptors (Lipinski definition) is 4. The van der Waals surface area contributed by atoms with Crippen molar-refractivity contribution in [2.75, 3.05) is 13.1 Å². The van der Waals surface area contributed by atoms with E-state index in [9.17, 15) is 18.0 Å². The third-order valence-electron chi connectivity index (χ3n) is 6.65. The van der Waals surface area contributed by atoms with Gasteiger partial charge in [-0.1, -0.05) is 24.3 Å². The Kier molecular flexibility index (Phi) is 6.64. The Labute approximate surface area is 200 Å². The monoisotopic (exact) mass is 486 g/mol. The van der Waals surface area contributed by atoms with E-state index in [1.165, 1.54) is 5.56 Å². The molecule has 5 rings (SSSR count). The van der Waals surface area contributed by atoms with Crippen molar-refractivity contribution in [3.8, 4) is 11.3 Å².